The lowest BCUT2D eigenvalue weighted by molar-refractivity contribution is 0.264. The van der Waals surface area contributed by atoms with Gasteiger partial charge in [0.25, 0.3) is 0 Å². The fraction of sp³-hybridized carbons (Fsp3) is 0.500. The molecule has 4 unspecified atom stereocenters. The topological polar surface area (TPSA) is 0 Å². The zero-order valence-electron chi connectivity index (χ0n) is 7.25. The maximum Gasteiger partial charge on any atom is -0.00622 e. The minimum absolute atomic E-state index is 0.749. The highest BCUT2D eigenvalue weighted by Crippen LogP contribution is 2.86. The molecule has 2 saturated carbocycles. The lowest BCUT2D eigenvalue weighted by Crippen LogP contribution is -2.23. The normalized spacial score (nSPS) is 50.9. The van der Waals surface area contributed by atoms with E-state index in [0.717, 1.165) is 23.2 Å². The number of rotatable bonds is 0. The van der Waals surface area contributed by atoms with E-state index in [4.69, 9.17) is 0 Å². The third-order valence-electron chi connectivity index (χ3n) is 4.55. The van der Waals surface area contributed by atoms with Gasteiger partial charge in [0.1, 0.15) is 0 Å². The van der Waals surface area contributed by atoms with E-state index < -0.39 is 0 Å². The molecule has 2 fully saturated rings. The van der Waals surface area contributed by atoms with Crippen molar-refractivity contribution in [2.45, 2.75) is 25.2 Å². The fourth-order valence-corrected chi connectivity index (χ4v) is 3.98. The van der Waals surface area contributed by atoms with Crippen LogP contribution in [0, 0.1) is 11.3 Å². The smallest absolute Gasteiger partial charge is 0.00622 e. The summed E-state index contributed by atoms with van der Waals surface area (Å²) >= 11 is 0. The SMILES string of the molecule is CC12CC3c4ccccc4C1C32. The second-order valence-corrected chi connectivity index (χ2v) is 4.95. The Bertz CT molecular complexity index is 379. The van der Waals surface area contributed by atoms with E-state index in [1.165, 1.54) is 6.42 Å². The summed E-state index contributed by atoms with van der Waals surface area (Å²) in [6.07, 6.45) is 1.47. The average molecular weight is 156 g/mol. The van der Waals surface area contributed by atoms with Gasteiger partial charge in [0, 0.05) is 0 Å². The van der Waals surface area contributed by atoms with Crippen LogP contribution in [0.3, 0.4) is 0 Å². The first kappa shape index (κ1) is 5.80. The van der Waals surface area contributed by atoms with Crippen molar-refractivity contribution in [3.63, 3.8) is 0 Å². The second kappa shape index (κ2) is 1.37. The molecular formula is C12H12. The van der Waals surface area contributed by atoms with Crippen LogP contribution in [0.4, 0.5) is 0 Å². The molecule has 0 radical (unpaired) electrons. The highest BCUT2D eigenvalue weighted by atomic mass is 14.8. The van der Waals surface area contributed by atoms with Gasteiger partial charge in [0.05, 0.1) is 0 Å². The van der Waals surface area contributed by atoms with Gasteiger partial charge in [-0.25, -0.2) is 0 Å². The van der Waals surface area contributed by atoms with Crippen LogP contribution in [0.2, 0.25) is 0 Å². The molecular weight excluding hydrogens is 144 g/mol. The Labute approximate surface area is 72.6 Å². The molecule has 3 aliphatic carbocycles. The number of hydrogen-bond acceptors (Lipinski definition) is 0. The molecule has 0 aliphatic heterocycles. The molecule has 0 heteroatoms. The molecule has 12 heavy (non-hydrogen) atoms. The molecule has 0 bridgehead atoms. The lowest BCUT2D eigenvalue weighted by atomic mass is 9.70. The van der Waals surface area contributed by atoms with Crippen molar-refractivity contribution in [1.82, 2.24) is 0 Å². The predicted octanol–water partition coefficient (Wildman–Crippen LogP) is 2.91. The summed E-state index contributed by atoms with van der Waals surface area (Å²) < 4.78 is 0. The lowest BCUT2D eigenvalue weighted by Gasteiger charge is -2.34. The summed E-state index contributed by atoms with van der Waals surface area (Å²) in [5.74, 6) is 2.96. The Balaban J connectivity index is 2.01. The first-order valence-corrected chi connectivity index (χ1v) is 4.91. The monoisotopic (exact) mass is 156 g/mol. The van der Waals surface area contributed by atoms with Crippen molar-refractivity contribution in [3.8, 4) is 0 Å². The van der Waals surface area contributed by atoms with Crippen LogP contribution < -0.4 is 0 Å². The van der Waals surface area contributed by atoms with Gasteiger partial charge in [-0.1, -0.05) is 31.2 Å². The Morgan fingerprint density at radius 2 is 2.00 bits per heavy atom. The van der Waals surface area contributed by atoms with Crippen LogP contribution in [0.1, 0.15) is 36.3 Å². The third-order valence-corrected chi connectivity index (χ3v) is 4.55. The van der Waals surface area contributed by atoms with E-state index in [-0.39, 0.29) is 0 Å². The zero-order chi connectivity index (χ0) is 7.92. The first-order valence-electron chi connectivity index (χ1n) is 4.91. The van der Waals surface area contributed by atoms with Gasteiger partial charge in [-0.3, -0.25) is 0 Å². The van der Waals surface area contributed by atoms with Gasteiger partial charge < -0.3 is 0 Å². The number of benzene rings is 1. The Morgan fingerprint density at radius 1 is 1.25 bits per heavy atom. The second-order valence-electron chi connectivity index (χ2n) is 4.95. The first-order chi connectivity index (χ1) is 5.82. The van der Waals surface area contributed by atoms with Crippen LogP contribution in [0.5, 0.6) is 0 Å². The molecule has 60 valence electrons. The minimum atomic E-state index is 0.749. The maximum atomic E-state index is 2.47. The molecule has 0 nitrogen and oxygen atoms in total. The Kier molecular flexibility index (Phi) is 0.660. The van der Waals surface area contributed by atoms with E-state index in [1.807, 2.05) is 0 Å². The van der Waals surface area contributed by atoms with Crippen molar-refractivity contribution >= 4 is 0 Å². The van der Waals surface area contributed by atoms with Crippen molar-refractivity contribution in [3.05, 3.63) is 35.4 Å². The van der Waals surface area contributed by atoms with Crippen LogP contribution in [0.25, 0.3) is 0 Å². The molecule has 0 spiro atoms. The summed E-state index contributed by atoms with van der Waals surface area (Å²) in [6.45, 7) is 2.47. The van der Waals surface area contributed by atoms with Gasteiger partial charge >= 0.3 is 0 Å². The zero-order valence-corrected chi connectivity index (χ0v) is 7.25. The van der Waals surface area contributed by atoms with Gasteiger partial charge in [-0.2, -0.15) is 0 Å². The standard InChI is InChI=1S/C12H12/c1-12-6-9-7-4-2-3-5-8(7)10(12)11(9)12/h2-5,9-11H,6H2,1H3. The average Bonchev–Trinajstić information content (AvgIpc) is 2.45. The van der Waals surface area contributed by atoms with E-state index in [0.29, 0.717) is 0 Å². The highest BCUT2D eigenvalue weighted by Gasteiger charge is 2.76. The summed E-state index contributed by atoms with van der Waals surface area (Å²) in [5.41, 5.74) is 4.11. The minimum Gasteiger partial charge on any atom is -0.0620 e. The molecule has 0 aromatic heterocycles. The van der Waals surface area contributed by atoms with Gasteiger partial charge in [0.15, 0.2) is 0 Å². The number of fused-ring (bicyclic) bond motifs is 4. The maximum absolute atomic E-state index is 2.47. The molecule has 4 rings (SSSR count). The predicted molar refractivity (Wildman–Crippen MR) is 48.1 cm³/mol. The fourth-order valence-electron chi connectivity index (χ4n) is 3.98. The third kappa shape index (κ3) is 0.367. The van der Waals surface area contributed by atoms with Gasteiger partial charge in [-0.05, 0) is 40.7 Å². The Hall–Kier alpha value is -0.780. The molecule has 0 N–H and O–H groups in total. The number of hydrogen-bond donors (Lipinski definition) is 0. The van der Waals surface area contributed by atoms with E-state index >= 15 is 0 Å². The molecule has 3 aliphatic rings. The van der Waals surface area contributed by atoms with Crippen molar-refractivity contribution in [2.75, 3.05) is 0 Å². The van der Waals surface area contributed by atoms with Gasteiger partial charge in [0.2, 0.25) is 0 Å². The molecule has 0 amide bonds. The van der Waals surface area contributed by atoms with Crippen LogP contribution in [0.15, 0.2) is 24.3 Å². The van der Waals surface area contributed by atoms with Crippen molar-refractivity contribution in [2.24, 2.45) is 11.3 Å². The summed E-state index contributed by atoms with van der Waals surface area (Å²) in [6, 6.07) is 9.07. The van der Waals surface area contributed by atoms with Crippen molar-refractivity contribution < 1.29 is 0 Å². The van der Waals surface area contributed by atoms with Crippen LogP contribution >= 0.6 is 0 Å². The summed E-state index contributed by atoms with van der Waals surface area (Å²) in [4.78, 5) is 0. The molecule has 1 aromatic rings. The quantitative estimate of drug-likeness (QED) is 0.541. The summed E-state index contributed by atoms with van der Waals surface area (Å²) in [5, 5.41) is 0. The molecule has 0 heterocycles. The molecule has 1 aromatic carbocycles. The van der Waals surface area contributed by atoms with E-state index in [2.05, 4.69) is 31.2 Å². The Morgan fingerprint density at radius 3 is 2.83 bits per heavy atom. The van der Waals surface area contributed by atoms with Crippen molar-refractivity contribution in [1.29, 1.82) is 0 Å². The van der Waals surface area contributed by atoms with Gasteiger partial charge in [-0.15, -0.1) is 0 Å². The largest absolute Gasteiger partial charge is 0.0620 e. The van der Waals surface area contributed by atoms with E-state index in [9.17, 15) is 0 Å². The van der Waals surface area contributed by atoms with E-state index in [1.54, 1.807) is 11.1 Å². The molecule has 4 atom stereocenters. The van der Waals surface area contributed by atoms with Crippen LogP contribution in [-0.2, 0) is 0 Å². The van der Waals surface area contributed by atoms with Crippen LogP contribution in [-0.4, -0.2) is 0 Å². The molecule has 0 saturated heterocycles. The highest BCUT2D eigenvalue weighted by molar-refractivity contribution is 5.54. The summed E-state index contributed by atoms with van der Waals surface area (Å²) in [7, 11) is 0.